The number of rotatable bonds is 8. The molecule has 0 atom stereocenters. The first-order chi connectivity index (χ1) is 10.7. The summed E-state index contributed by atoms with van der Waals surface area (Å²) in [5.74, 6) is -0.886. The highest BCUT2D eigenvalue weighted by Gasteiger charge is 2.02. The van der Waals surface area contributed by atoms with Gasteiger partial charge in [-0.15, -0.1) is 0 Å². The van der Waals surface area contributed by atoms with Crippen molar-refractivity contribution in [3.8, 4) is 0 Å². The summed E-state index contributed by atoms with van der Waals surface area (Å²) >= 11 is 0. The van der Waals surface area contributed by atoms with Crippen molar-refractivity contribution in [1.29, 1.82) is 0 Å². The quantitative estimate of drug-likeness (QED) is 0.736. The molecule has 0 bridgehead atoms. The summed E-state index contributed by atoms with van der Waals surface area (Å²) in [7, 11) is 2.10. The number of carbonyl (C=O) groups is 1. The van der Waals surface area contributed by atoms with E-state index in [9.17, 15) is 4.79 Å². The summed E-state index contributed by atoms with van der Waals surface area (Å²) in [6.45, 7) is 2.68. The smallest absolute Gasteiger partial charge is 0.335 e. The summed E-state index contributed by atoms with van der Waals surface area (Å²) in [6.07, 6.45) is 1.05. The van der Waals surface area contributed by atoms with E-state index in [0.29, 0.717) is 5.56 Å². The molecule has 0 saturated carbocycles. The second-order valence-corrected chi connectivity index (χ2v) is 5.29. The zero-order valence-corrected chi connectivity index (χ0v) is 12.8. The number of para-hydroxylation sites is 1. The van der Waals surface area contributed by atoms with Gasteiger partial charge in [0.1, 0.15) is 0 Å². The number of anilines is 1. The molecule has 0 heterocycles. The molecule has 0 radical (unpaired) electrons. The molecule has 2 aromatic rings. The molecule has 0 aliphatic carbocycles. The monoisotopic (exact) mass is 298 g/mol. The Kier molecular flexibility index (Phi) is 5.98. The van der Waals surface area contributed by atoms with Crippen molar-refractivity contribution in [2.75, 3.05) is 25.0 Å². The van der Waals surface area contributed by atoms with E-state index >= 15 is 0 Å². The fourth-order valence-corrected chi connectivity index (χ4v) is 2.25. The minimum Gasteiger partial charge on any atom is -0.478 e. The third-order valence-electron chi connectivity index (χ3n) is 3.57. The van der Waals surface area contributed by atoms with Gasteiger partial charge in [0.25, 0.3) is 0 Å². The molecule has 0 aromatic heterocycles. The zero-order valence-electron chi connectivity index (χ0n) is 12.8. The van der Waals surface area contributed by atoms with E-state index < -0.39 is 5.97 Å². The van der Waals surface area contributed by atoms with E-state index in [0.717, 1.165) is 31.6 Å². The Hall–Kier alpha value is -2.33. The van der Waals surface area contributed by atoms with Gasteiger partial charge in [-0.25, -0.2) is 4.79 Å². The normalized spacial score (nSPS) is 10.4. The highest BCUT2D eigenvalue weighted by atomic mass is 16.4. The Morgan fingerprint density at radius 3 is 2.41 bits per heavy atom. The van der Waals surface area contributed by atoms with Crippen LogP contribution in [0.25, 0.3) is 0 Å². The van der Waals surface area contributed by atoms with Gasteiger partial charge in [-0.3, -0.25) is 0 Å². The number of benzene rings is 2. The van der Waals surface area contributed by atoms with E-state index in [-0.39, 0.29) is 0 Å². The Bertz CT molecular complexity index is 582. The van der Waals surface area contributed by atoms with Gasteiger partial charge < -0.3 is 15.3 Å². The average molecular weight is 298 g/mol. The van der Waals surface area contributed by atoms with Crippen LogP contribution in [0.1, 0.15) is 22.3 Å². The Morgan fingerprint density at radius 2 is 1.77 bits per heavy atom. The molecule has 2 N–H and O–H groups in total. The van der Waals surface area contributed by atoms with E-state index in [1.807, 2.05) is 30.3 Å². The van der Waals surface area contributed by atoms with Crippen molar-refractivity contribution in [3.63, 3.8) is 0 Å². The van der Waals surface area contributed by atoms with Crippen molar-refractivity contribution < 1.29 is 9.90 Å². The van der Waals surface area contributed by atoms with Crippen LogP contribution < -0.4 is 10.2 Å². The van der Waals surface area contributed by atoms with Gasteiger partial charge in [-0.05, 0) is 42.8 Å². The van der Waals surface area contributed by atoms with Crippen molar-refractivity contribution >= 4 is 11.7 Å². The van der Waals surface area contributed by atoms with Gasteiger partial charge in [-0.1, -0.05) is 30.3 Å². The summed E-state index contributed by atoms with van der Waals surface area (Å²) in [6, 6.07) is 17.3. The molecule has 2 aromatic carbocycles. The minimum absolute atomic E-state index is 0.327. The molecule has 4 nitrogen and oxygen atoms in total. The first kappa shape index (κ1) is 16.0. The largest absolute Gasteiger partial charge is 0.478 e. The minimum atomic E-state index is -0.886. The fraction of sp³-hybridized carbons (Fsp3) is 0.278. The van der Waals surface area contributed by atoms with Crippen LogP contribution in [0, 0.1) is 0 Å². The molecule has 0 aliphatic heterocycles. The SMILES string of the molecule is CN(CCCNCc1ccc(C(=O)O)cc1)c1ccccc1. The molecule has 0 unspecified atom stereocenters. The van der Waals surface area contributed by atoms with Crippen LogP contribution in [0.2, 0.25) is 0 Å². The van der Waals surface area contributed by atoms with Crippen LogP contribution in [-0.2, 0) is 6.54 Å². The highest BCUT2D eigenvalue weighted by Crippen LogP contribution is 2.10. The molecule has 0 saturated heterocycles. The highest BCUT2D eigenvalue weighted by molar-refractivity contribution is 5.87. The third-order valence-corrected chi connectivity index (χ3v) is 3.57. The van der Waals surface area contributed by atoms with Crippen LogP contribution in [0.3, 0.4) is 0 Å². The lowest BCUT2D eigenvalue weighted by atomic mass is 10.1. The van der Waals surface area contributed by atoms with Crippen LogP contribution >= 0.6 is 0 Å². The van der Waals surface area contributed by atoms with E-state index in [4.69, 9.17) is 5.11 Å². The Balaban J connectivity index is 1.66. The Labute approximate surface area is 131 Å². The number of nitrogens with zero attached hydrogens (tertiary/aromatic N) is 1. The van der Waals surface area contributed by atoms with E-state index in [2.05, 4.69) is 29.4 Å². The number of carboxylic acid groups (broad SMARTS) is 1. The zero-order chi connectivity index (χ0) is 15.8. The van der Waals surface area contributed by atoms with Gasteiger partial charge in [0.05, 0.1) is 5.56 Å². The van der Waals surface area contributed by atoms with Gasteiger partial charge in [-0.2, -0.15) is 0 Å². The molecule has 4 heteroatoms. The lowest BCUT2D eigenvalue weighted by molar-refractivity contribution is 0.0697. The second-order valence-electron chi connectivity index (χ2n) is 5.29. The van der Waals surface area contributed by atoms with Crippen LogP contribution in [0.4, 0.5) is 5.69 Å². The fourth-order valence-electron chi connectivity index (χ4n) is 2.25. The van der Waals surface area contributed by atoms with E-state index in [1.54, 1.807) is 12.1 Å². The van der Waals surface area contributed by atoms with Gasteiger partial charge >= 0.3 is 5.97 Å². The number of hydrogen-bond donors (Lipinski definition) is 2. The maximum absolute atomic E-state index is 10.8. The molecule has 0 fully saturated rings. The predicted octanol–water partition coefficient (Wildman–Crippen LogP) is 3.00. The number of carboxylic acids is 1. The molecule has 22 heavy (non-hydrogen) atoms. The van der Waals surface area contributed by atoms with Crippen LogP contribution in [-0.4, -0.2) is 31.2 Å². The van der Waals surface area contributed by atoms with Crippen LogP contribution in [0.5, 0.6) is 0 Å². The van der Waals surface area contributed by atoms with Crippen molar-refractivity contribution in [2.45, 2.75) is 13.0 Å². The average Bonchev–Trinajstić information content (AvgIpc) is 2.55. The first-order valence-corrected chi connectivity index (χ1v) is 7.46. The Morgan fingerprint density at radius 1 is 1.09 bits per heavy atom. The molecule has 116 valence electrons. The lowest BCUT2D eigenvalue weighted by Crippen LogP contribution is -2.23. The number of nitrogens with one attached hydrogen (secondary N) is 1. The third kappa shape index (κ3) is 4.90. The van der Waals surface area contributed by atoms with Gasteiger partial charge in [0.2, 0.25) is 0 Å². The van der Waals surface area contributed by atoms with Crippen molar-refractivity contribution in [2.24, 2.45) is 0 Å². The first-order valence-electron chi connectivity index (χ1n) is 7.46. The molecular formula is C18H22N2O2. The molecule has 2 rings (SSSR count). The number of hydrogen-bond acceptors (Lipinski definition) is 3. The van der Waals surface area contributed by atoms with Crippen molar-refractivity contribution in [1.82, 2.24) is 5.32 Å². The summed E-state index contributed by atoms with van der Waals surface area (Å²) in [4.78, 5) is 13.0. The molecule has 0 spiro atoms. The number of aromatic carboxylic acids is 1. The lowest BCUT2D eigenvalue weighted by Gasteiger charge is -2.19. The summed E-state index contributed by atoms with van der Waals surface area (Å²) < 4.78 is 0. The second kappa shape index (κ2) is 8.20. The van der Waals surface area contributed by atoms with Crippen molar-refractivity contribution in [3.05, 3.63) is 65.7 Å². The summed E-state index contributed by atoms with van der Waals surface area (Å²) in [5, 5.41) is 12.2. The van der Waals surface area contributed by atoms with E-state index in [1.165, 1.54) is 5.69 Å². The molecular weight excluding hydrogens is 276 g/mol. The molecule has 0 aliphatic rings. The van der Waals surface area contributed by atoms with Crippen LogP contribution in [0.15, 0.2) is 54.6 Å². The summed E-state index contributed by atoms with van der Waals surface area (Å²) in [5.41, 5.74) is 2.65. The maximum Gasteiger partial charge on any atom is 0.335 e. The maximum atomic E-state index is 10.8. The van der Waals surface area contributed by atoms with Gasteiger partial charge in [0.15, 0.2) is 0 Å². The van der Waals surface area contributed by atoms with Gasteiger partial charge in [0, 0.05) is 25.8 Å². The predicted molar refractivity (Wildman–Crippen MR) is 89.4 cm³/mol. The molecule has 0 amide bonds. The topological polar surface area (TPSA) is 52.6 Å². The standard InChI is InChI=1S/C18H22N2O2/c1-20(17-6-3-2-4-7-17)13-5-12-19-14-15-8-10-16(11-9-15)18(21)22/h2-4,6-11,19H,5,12-14H2,1H3,(H,21,22).